The second-order valence-corrected chi connectivity index (χ2v) is 12.7. The first-order chi connectivity index (χ1) is 19.6. The molecule has 1 heterocycles. The van der Waals surface area contributed by atoms with Crippen molar-refractivity contribution in [3.63, 3.8) is 0 Å². The topological polar surface area (TPSA) is 96.4 Å². The Morgan fingerprint density at radius 2 is 1.59 bits per heavy atom. The molecule has 5 rings (SSSR count). The highest BCUT2D eigenvalue weighted by atomic mass is 16.6. The predicted molar refractivity (Wildman–Crippen MR) is 156 cm³/mol. The molecular formula is C33H42N2O6. The number of carboxylic acids is 1. The van der Waals surface area contributed by atoms with Crippen molar-refractivity contribution < 1.29 is 29.0 Å². The number of hydrogen-bond donors (Lipinski definition) is 1. The molecule has 3 aliphatic rings. The molecule has 1 saturated carbocycles. The van der Waals surface area contributed by atoms with Crippen molar-refractivity contribution in [2.75, 3.05) is 26.2 Å². The number of benzene rings is 2. The average Bonchev–Trinajstić information content (AvgIpc) is 3.47. The highest BCUT2D eigenvalue weighted by Gasteiger charge is 2.49. The van der Waals surface area contributed by atoms with E-state index in [4.69, 9.17) is 9.47 Å². The van der Waals surface area contributed by atoms with Gasteiger partial charge in [0, 0.05) is 38.0 Å². The van der Waals surface area contributed by atoms with E-state index in [1.165, 1.54) is 11.1 Å². The van der Waals surface area contributed by atoms with Crippen molar-refractivity contribution in [1.29, 1.82) is 0 Å². The number of piperidine rings is 1. The predicted octanol–water partition coefficient (Wildman–Crippen LogP) is 6.67. The first-order valence-electron chi connectivity index (χ1n) is 14.9. The van der Waals surface area contributed by atoms with Crippen LogP contribution in [0, 0.1) is 5.41 Å². The molecule has 2 amide bonds. The van der Waals surface area contributed by atoms with Crippen molar-refractivity contribution in [1.82, 2.24) is 9.80 Å². The molecule has 1 unspecified atom stereocenters. The van der Waals surface area contributed by atoms with Gasteiger partial charge in [0.15, 0.2) is 0 Å². The molecule has 1 spiro atoms. The number of rotatable bonds is 7. The van der Waals surface area contributed by atoms with Gasteiger partial charge in [-0.1, -0.05) is 55.0 Å². The van der Waals surface area contributed by atoms with E-state index in [1.807, 2.05) is 49.9 Å². The molecule has 2 fully saturated rings. The number of likely N-dealkylation sites (tertiary alicyclic amines) is 1. The van der Waals surface area contributed by atoms with Gasteiger partial charge in [0.2, 0.25) is 0 Å². The molecule has 41 heavy (non-hydrogen) atoms. The first kappa shape index (κ1) is 29.0. The quantitative estimate of drug-likeness (QED) is 0.405. The van der Waals surface area contributed by atoms with Crippen molar-refractivity contribution in [3.05, 3.63) is 59.7 Å². The van der Waals surface area contributed by atoms with Gasteiger partial charge >= 0.3 is 18.2 Å². The summed E-state index contributed by atoms with van der Waals surface area (Å²) >= 11 is 0. The molecule has 2 aromatic rings. The molecule has 2 aromatic carbocycles. The average molecular weight is 563 g/mol. The highest BCUT2D eigenvalue weighted by Crippen LogP contribution is 2.49. The van der Waals surface area contributed by atoms with Crippen LogP contribution in [0.15, 0.2) is 48.5 Å². The lowest BCUT2D eigenvalue weighted by Crippen LogP contribution is -2.53. The van der Waals surface area contributed by atoms with Gasteiger partial charge < -0.3 is 24.4 Å². The normalized spacial score (nSPS) is 19.5. The van der Waals surface area contributed by atoms with Crippen molar-refractivity contribution >= 4 is 18.2 Å². The Labute approximate surface area is 242 Å². The molecule has 1 atom stereocenters. The fourth-order valence-corrected chi connectivity index (χ4v) is 7.10. The molecule has 1 aliphatic heterocycles. The van der Waals surface area contributed by atoms with E-state index in [1.54, 1.807) is 4.90 Å². The van der Waals surface area contributed by atoms with Crippen LogP contribution in [0.25, 0.3) is 11.1 Å². The van der Waals surface area contributed by atoms with Crippen LogP contribution in [0.4, 0.5) is 9.59 Å². The number of ether oxygens (including phenoxy) is 2. The summed E-state index contributed by atoms with van der Waals surface area (Å²) in [7, 11) is 0. The Hall–Kier alpha value is -3.55. The number of aliphatic carboxylic acids is 1. The zero-order valence-electron chi connectivity index (χ0n) is 24.4. The Morgan fingerprint density at radius 3 is 2.17 bits per heavy atom. The van der Waals surface area contributed by atoms with Crippen LogP contribution in [-0.4, -0.2) is 70.9 Å². The maximum absolute atomic E-state index is 13.8. The second kappa shape index (κ2) is 11.7. The second-order valence-electron chi connectivity index (χ2n) is 12.7. The van der Waals surface area contributed by atoms with Gasteiger partial charge in [0.25, 0.3) is 0 Å². The van der Waals surface area contributed by atoms with Gasteiger partial charge in [-0.2, -0.15) is 0 Å². The fourth-order valence-electron chi connectivity index (χ4n) is 7.10. The lowest BCUT2D eigenvalue weighted by atomic mass is 9.73. The molecule has 0 aromatic heterocycles. The van der Waals surface area contributed by atoms with Crippen molar-refractivity contribution in [2.24, 2.45) is 5.41 Å². The Kier molecular flexibility index (Phi) is 8.30. The third-order valence-corrected chi connectivity index (χ3v) is 9.01. The summed E-state index contributed by atoms with van der Waals surface area (Å²) in [4.78, 5) is 41.4. The number of carbonyl (C=O) groups is 3. The Morgan fingerprint density at radius 1 is 0.976 bits per heavy atom. The minimum atomic E-state index is -0.871. The molecule has 1 N–H and O–H groups in total. The Balaban J connectivity index is 1.30. The molecular weight excluding hydrogens is 520 g/mol. The van der Waals surface area contributed by atoms with E-state index in [9.17, 15) is 19.5 Å². The summed E-state index contributed by atoms with van der Waals surface area (Å²) in [6.45, 7) is 7.34. The first-order valence-corrected chi connectivity index (χ1v) is 14.9. The van der Waals surface area contributed by atoms with Crippen molar-refractivity contribution in [3.8, 4) is 11.1 Å². The van der Waals surface area contributed by atoms with Crippen LogP contribution in [0.5, 0.6) is 0 Å². The molecule has 8 heteroatoms. The summed E-state index contributed by atoms with van der Waals surface area (Å²) in [5.41, 5.74) is 4.00. The zero-order valence-corrected chi connectivity index (χ0v) is 24.4. The number of fused-ring (bicyclic) bond motifs is 3. The fraction of sp³-hybridized carbons (Fsp3) is 0.545. The lowest BCUT2D eigenvalue weighted by molar-refractivity contribution is -0.137. The minimum Gasteiger partial charge on any atom is -0.481 e. The largest absolute Gasteiger partial charge is 0.481 e. The van der Waals surface area contributed by atoms with Crippen LogP contribution in [0.1, 0.15) is 82.8 Å². The SMILES string of the molecule is CC(C)(C)OC(=O)N1CCC2(CCCC2N(CCCC(=O)O)C(=O)OCC2c3ccccc3-c3ccccc32)CC1. The standard InChI is InChI=1S/C33H42N2O6/c1-32(2,3)41-30(38)34-20-17-33(18-21-34)16-8-14-28(33)35(19-9-15-29(36)37)31(39)40-22-27-25-12-6-4-10-23(25)24-11-5-7-13-26(24)27/h4-7,10-13,27-28H,8-9,14-22H2,1-3H3,(H,36,37). The Bertz CT molecular complexity index is 1230. The number of carbonyl (C=O) groups excluding carboxylic acids is 2. The van der Waals surface area contributed by atoms with Gasteiger partial charge in [-0.3, -0.25) is 4.79 Å². The summed E-state index contributed by atoms with van der Waals surface area (Å²) in [6.07, 6.45) is 4.08. The third kappa shape index (κ3) is 6.21. The maximum Gasteiger partial charge on any atom is 0.410 e. The van der Waals surface area contributed by atoms with Gasteiger partial charge in [0.05, 0.1) is 0 Å². The van der Waals surface area contributed by atoms with Crippen LogP contribution < -0.4 is 0 Å². The summed E-state index contributed by atoms with van der Waals surface area (Å²) < 4.78 is 11.7. The third-order valence-electron chi connectivity index (χ3n) is 9.01. The summed E-state index contributed by atoms with van der Waals surface area (Å²) in [5.74, 6) is -0.911. The van der Waals surface area contributed by atoms with E-state index in [-0.39, 0.29) is 42.6 Å². The van der Waals surface area contributed by atoms with Crippen LogP contribution >= 0.6 is 0 Å². The van der Waals surface area contributed by atoms with Crippen LogP contribution in [-0.2, 0) is 14.3 Å². The van der Waals surface area contributed by atoms with E-state index in [0.717, 1.165) is 43.2 Å². The molecule has 0 bridgehead atoms. The number of carboxylic acid groups (broad SMARTS) is 1. The number of nitrogens with zero attached hydrogens (tertiary/aromatic N) is 2. The molecule has 2 aliphatic carbocycles. The lowest BCUT2D eigenvalue weighted by Gasteiger charge is -2.46. The van der Waals surface area contributed by atoms with Crippen LogP contribution in [0.2, 0.25) is 0 Å². The van der Waals surface area contributed by atoms with Gasteiger partial charge in [0.1, 0.15) is 12.2 Å². The van der Waals surface area contributed by atoms with E-state index in [2.05, 4.69) is 24.3 Å². The smallest absolute Gasteiger partial charge is 0.410 e. The monoisotopic (exact) mass is 562 g/mol. The molecule has 1 saturated heterocycles. The van der Waals surface area contributed by atoms with Gasteiger partial charge in [-0.15, -0.1) is 0 Å². The number of hydrogen-bond acceptors (Lipinski definition) is 5. The highest BCUT2D eigenvalue weighted by molar-refractivity contribution is 5.79. The summed E-state index contributed by atoms with van der Waals surface area (Å²) in [5, 5.41) is 9.28. The van der Waals surface area contributed by atoms with Crippen LogP contribution in [0.3, 0.4) is 0 Å². The van der Waals surface area contributed by atoms with E-state index >= 15 is 0 Å². The van der Waals surface area contributed by atoms with Crippen molar-refractivity contribution in [2.45, 2.75) is 83.3 Å². The van der Waals surface area contributed by atoms with Gasteiger partial charge in [-0.25, -0.2) is 9.59 Å². The van der Waals surface area contributed by atoms with Gasteiger partial charge in [-0.05, 0) is 80.5 Å². The molecule has 0 radical (unpaired) electrons. The number of amides is 2. The maximum atomic E-state index is 13.8. The molecule has 8 nitrogen and oxygen atoms in total. The van der Waals surface area contributed by atoms with E-state index in [0.29, 0.717) is 26.1 Å². The van der Waals surface area contributed by atoms with E-state index < -0.39 is 11.6 Å². The molecule has 220 valence electrons. The summed E-state index contributed by atoms with van der Waals surface area (Å²) in [6, 6.07) is 16.5. The minimum absolute atomic E-state index is 0.000697. The zero-order chi connectivity index (χ0) is 29.2.